The summed E-state index contributed by atoms with van der Waals surface area (Å²) in [6.45, 7) is 0.159. The van der Waals surface area contributed by atoms with Gasteiger partial charge in [-0.05, 0) is 42.7 Å². The molecule has 4 rings (SSSR count). The lowest BCUT2D eigenvalue weighted by atomic mass is 10.0. The Hall–Kier alpha value is -2.61. The SMILES string of the molecule is O=C1C[C@@H](C(=O)N(Cc2ccco2)[C@@H](C(=O)NC2CCCC2)c2ccncc2)CS1. The van der Waals surface area contributed by atoms with Crippen LogP contribution in [0.4, 0.5) is 0 Å². The summed E-state index contributed by atoms with van der Waals surface area (Å²) in [7, 11) is 0. The van der Waals surface area contributed by atoms with Crippen LogP contribution in [0.5, 0.6) is 0 Å². The van der Waals surface area contributed by atoms with Crippen LogP contribution in [0.1, 0.15) is 49.5 Å². The second-order valence-electron chi connectivity index (χ2n) is 7.80. The van der Waals surface area contributed by atoms with Crippen LogP contribution in [-0.4, -0.2) is 38.6 Å². The first-order valence-corrected chi connectivity index (χ1v) is 11.3. The molecule has 2 aromatic rings. The molecule has 2 fully saturated rings. The van der Waals surface area contributed by atoms with E-state index >= 15 is 0 Å². The van der Waals surface area contributed by atoms with E-state index in [4.69, 9.17) is 4.42 Å². The number of pyridine rings is 1. The normalized spacial score (nSPS) is 20.3. The van der Waals surface area contributed by atoms with Crippen molar-refractivity contribution in [3.63, 3.8) is 0 Å². The monoisotopic (exact) mass is 427 g/mol. The maximum absolute atomic E-state index is 13.5. The molecule has 2 aromatic heterocycles. The lowest BCUT2D eigenvalue weighted by Gasteiger charge is -2.33. The molecular weight excluding hydrogens is 402 g/mol. The Morgan fingerprint density at radius 3 is 2.63 bits per heavy atom. The van der Waals surface area contributed by atoms with Crippen LogP contribution < -0.4 is 5.32 Å². The largest absolute Gasteiger partial charge is 0.467 e. The molecule has 1 saturated heterocycles. The number of aromatic nitrogens is 1. The number of carbonyl (C=O) groups excluding carboxylic acids is 3. The molecule has 1 aliphatic heterocycles. The van der Waals surface area contributed by atoms with Gasteiger partial charge in [0.15, 0.2) is 5.12 Å². The van der Waals surface area contributed by atoms with E-state index in [1.165, 1.54) is 11.8 Å². The van der Waals surface area contributed by atoms with Crippen LogP contribution in [0.15, 0.2) is 47.3 Å². The molecule has 3 heterocycles. The Morgan fingerprint density at radius 1 is 1.23 bits per heavy atom. The van der Waals surface area contributed by atoms with E-state index in [2.05, 4.69) is 10.3 Å². The van der Waals surface area contributed by atoms with Crippen LogP contribution in [0.3, 0.4) is 0 Å². The molecule has 8 heteroatoms. The van der Waals surface area contributed by atoms with Gasteiger partial charge in [-0.2, -0.15) is 0 Å². The minimum atomic E-state index is -0.813. The highest BCUT2D eigenvalue weighted by molar-refractivity contribution is 8.14. The number of nitrogens with zero attached hydrogens (tertiary/aromatic N) is 2. The van der Waals surface area contributed by atoms with Crippen molar-refractivity contribution in [2.45, 2.75) is 50.7 Å². The van der Waals surface area contributed by atoms with E-state index in [1.807, 2.05) is 0 Å². The summed E-state index contributed by atoms with van der Waals surface area (Å²) in [5, 5.41) is 3.15. The first-order chi connectivity index (χ1) is 14.6. The van der Waals surface area contributed by atoms with Crippen molar-refractivity contribution in [2.24, 2.45) is 5.92 Å². The van der Waals surface area contributed by atoms with Gasteiger partial charge in [0, 0.05) is 30.6 Å². The van der Waals surface area contributed by atoms with Gasteiger partial charge in [-0.25, -0.2) is 0 Å². The van der Waals surface area contributed by atoms with Gasteiger partial charge in [-0.15, -0.1) is 0 Å². The molecule has 1 aliphatic carbocycles. The van der Waals surface area contributed by atoms with Gasteiger partial charge in [-0.1, -0.05) is 24.6 Å². The molecule has 1 saturated carbocycles. The average Bonchev–Trinajstić information content (AvgIpc) is 3.51. The van der Waals surface area contributed by atoms with Gasteiger partial charge in [0.2, 0.25) is 11.8 Å². The van der Waals surface area contributed by atoms with Crippen molar-refractivity contribution in [1.29, 1.82) is 0 Å². The van der Waals surface area contributed by atoms with Crippen molar-refractivity contribution in [3.05, 3.63) is 54.2 Å². The summed E-state index contributed by atoms with van der Waals surface area (Å²) >= 11 is 1.18. The highest BCUT2D eigenvalue weighted by Crippen LogP contribution is 2.32. The third-order valence-electron chi connectivity index (χ3n) is 5.68. The third kappa shape index (κ3) is 4.75. The maximum Gasteiger partial charge on any atom is 0.247 e. The van der Waals surface area contributed by atoms with Crippen molar-refractivity contribution in [3.8, 4) is 0 Å². The zero-order valence-electron chi connectivity index (χ0n) is 16.7. The molecule has 2 amide bonds. The number of nitrogens with one attached hydrogen (secondary N) is 1. The molecule has 0 aromatic carbocycles. The van der Waals surface area contributed by atoms with Crippen molar-refractivity contribution in [2.75, 3.05) is 5.75 Å². The van der Waals surface area contributed by atoms with Crippen LogP contribution >= 0.6 is 11.8 Å². The fourth-order valence-corrected chi connectivity index (χ4v) is 5.11. The van der Waals surface area contributed by atoms with E-state index in [0.29, 0.717) is 17.1 Å². The smallest absolute Gasteiger partial charge is 0.247 e. The van der Waals surface area contributed by atoms with Gasteiger partial charge in [0.1, 0.15) is 11.8 Å². The van der Waals surface area contributed by atoms with E-state index in [-0.39, 0.29) is 35.9 Å². The molecule has 0 spiro atoms. The molecule has 1 N–H and O–H groups in total. The lowest BCUT2D eigenvalue weighted by molar-refractivity contribution is -0.145. The molecular formula is C22H25N3O4S. The first-order valence-electron chi connectivity index (χ1n) is 10.3. The number of furan rings is 1. The summed E-state index contributed by atoms with van der Waals surface area (Å²) in [5.41, 5.74) is 0.692. The predicted octanol–water partition coefficient (Wildman–Crippen LogP) is 3.08. The standard InChI is InChI=1S/C22H25N3O4S/c26-19-12-16(14-30-19)22(28)25(13-18-6-3-11-29-18)20(15-7-9-23-10-8-15)21(27)24-17-4-1-2-5-17/h3,6-11,16-17,20H,1-2,4-5,12-14H2,(H,24,27)/t16-,20-/m1/s1. The number of thioether (sulfide) groups is 1. The quantitative estimate of drug-likeness (QED) is 0.730. The van der Waals surface area contributed by atoms with E-state index < -0.39 is 12.0 Å². The second-order valence-corrected chi connectivity index (χ2v) is 8.88. The topological polar surface area (TPSA) is 92.5 Å². The van der Waals surface area contributed by atoms with Gasteiger partial charge in [0.25, 0.3) is 0 Å². The van der Waals surface area contributed by atoms with Gasteiger partial charge in [0.05, 0.1) is 18.7 Å². The molecule has 0 unspecified atom stereocenters. The van der Waals surface area contributed by atoms with Gasteiger partial charge < -0.3 is 14.6 Å². The Bertz CT molecular complexity index is 881. The highest BCUT2D eigenvalue weighted by atomic mass is 32.2. The molecule has 158 valence electrons. The zero-order chi connectivity index (χ0) is 20.9. The summed E-state index contributed by atoms with van der Waals surface area (Å²) in [4.78, 5) is 44.3. The summed E-state index contributed by atoms with van der Waals surface area (Å²) in [5.74, 6) is 0.201. The molecule has 7 nitrogen and oxygen atoms in total. The second kappa shape index (κ2) is 9.47. The summed E-state index contributed by atoms with van der Waals surface area (Å²) in [6, 6.07) is 6.38. The fourth-order valence-electron chi connectivity index (χ4n) is 4.14. The van der Waals surface area contributed by atoms with Crippen LogP contribution in [-0.2, 0) is 20.9 Å². The zero-order valence-corrected chi connectivity index (χ0v) is 17.5. The third-order valence-corrected chi connectivity index (χ3v) is 6.74. The molecule has 2 aliphatic rings. The first kappa shape index (κ1) is 20.7. The summed E-state index contributed by atoms with van der Waals surface area (Å²) in [6.07, 6.45) is 9.09. The highest BCUT2D eigenvalue weighted by Gasteiger charge is 2.39. The average molecular weight is 428 g/mol. The number of hydrogen-bond acceptors (Lipinski definition) is 6. The number of rotatable bonds is 7. The van der Waals surface area contributed by atoms with Crippen molar-refractivity contribution in [1.82, 2.24) is 15.2 Å². The van der Waals surface area contributed by atoms with E-state index in [9.17, 15) is 14.4 Å². The predicted molar refractivity (Wildman–Crippen MR) is 112 cm³/mol. The Morgan fingerprint density at radius 2 is 2.00 bits per heavy atom. The number of carbonyl (C=O) groups is 3. The van der Waals surface area contributed by atoms with Crippen LogP contribution in [0, 0.1) is 5.92 Å². The van der Waals surface area contributed by atoms with Crippen LogP contribution in [0.25, 0.3) is 0 Å². The molecule has 30 heavy (non-hydrogen) atoms. The van der Waals surface area contributed by atoms with Gasteiger partial charge >= 0.3 is 0 Å². The number of amides is 2. The minimum absolute atomic E-state index is 0.0159. The Balaban J connectivity index is 1.66. The summed E-state index contributed by atoms with van der Waals surface area (Å²) < 4.78 is 5.49. The number of hydrogen-bond donors (Lipinski definition) is 1. The molecule has 0 radical (unpaired) electrons. The lowest BCUT2D eigenvalue weighted by Crippen LogP contribution is -2.47. The molecule has 0 bridgehead atoms. The van der Waals surface area contributed by atoms with Gasteiger partial charge in [-0.3, -0.25) is 19.4 Å². The fraction of sp³-hybridized carbons (Fsp3) is 0.455. The molecule has 2 atom stereocenters. The van der Waals surface area contributed by atoms with Crippen molar-refractivity contribution < 1.29 is 18.8 Å². The van der Waals surface area contributed by atoms with E-state index in [1.54, 1.807) is 47.8 Å². The maximum atomic E-state index is 13.5. The minimum Gasteiger partial charge on any atom is -0.467 e. The van der Waals surface area contributed by atoms with Crippen molar-refractivity contribution >= 4 is 28.7 Å². The Labute approximate surface area is 179 Å². The van der Waals surface area contributed by atoms with E-state index in [0.717, 1.165) is 25.7 Å². The Kier molecular flexibility index (Phi) is 6.52. The van der Waals surface area contributed by atoms with Crippen LogP contribution in [0.2, 0.25) is 0 Å².